The fraction of sp³-hybridized carbons (Fsp3) is 0.0702. The Hall–Kier alpha value is -8.09. The van der Waals surface area contributed by atoms with E-state index >= 15 is 0 Å². The molecular weight excluding hydrogens is 771 g/mol. The number of rotatable bonds is 8. The summed E-state index contributed by atoms with van der Waals surface area (Å²) in [6.45, 7) is 0. The summed E-state index contributed by atoms with van der Waals surface area (Å²) in [6.07, 6.45) is 13.4. The second-order valence-electron chi connectivity index (χ2n) is 16.3. The molecule has 12 rings (SSSR count). The Morgan fingerprint density at radius 3 is 1.81 bits per heavy atom. The van der Waals surface area contributed by atoms with Crippen LogP contribution in [0.1, 0.15) is 30.5 Å². The van der Waals surface area contributed by atoms with E-state index in [0.29, 0.717) is 17.5 Å². The van der Waals surface area contributed by atoms with Gasteiger partial charge in [-0.05, 0) is 122 Å². The highest BCUT2D eigenvalue weighted by atomic mass is 16.5. The van der Waals surface area contributed by atoms with Crippen molar-refractivity contribution >= 4 is 38.8 Å². The van der Waals surface area contributed by atoms with Gasteiger partial charge in [0.25, 0.3) is 0 Å². The highest BCUT2D eigenvalue weighted by Crippen LogP contribution is 2.40. The summed E-state index contributed by atoms with van der Waals surface area (Å²) in [7, 11) is 0. The molecule has 7 aromatic carbocycles. The van der Waals surface area contributed by atoms with E-state index in [-0.39, 0.29) is 0 Å². The predicted octanol–water partition coefficient (Wildman–Crippen LogP) is 14.3. The first kappa shape index (κ1) is 36.7. The van der Waals surface area contributed by atoms with Gasteiger partial charge in [0.05, 0.1) is 16.6 Å². The fourth-order valence-corrected chi connectivity index (χ4v) is 9.45. The van der Waals surface area contributed by atoms with Crippen LogP contribution >= 0.6 is 0 Å². The van der Waals surface area contributed by atoms with Crippen molar-refractivity contribution in [3.63, 3.8) is 0 Å². The van der Waals surface area contributed by atoms with Crippen LogP contribution in [0.2, 0.25) is 0 Å². The standard InChI is InChI=1S/C57H41N5O/c1-4-15-38(16-5-1)40-30-34-53-50(36-40)48-24-11-13-26-52(48)62(53)44-20-14-17-41(35-44)56-58-55(39-27-31-46(32-28-39)63-45-21-8-3-9-22-45)59-57(60-56)42-29-33-49-47-23-10-12-25-51(47)61(54(49)37-42)43-18-6-2-7-19-43/h1-4,6-15,17-29,31-33,35-37H,5,16,30,34H2. The van der Waals surface area contributed by atoms with Crippen molar-refractivity contribution in [3.05, 3.63) is 217 Å². The normalized spacial score (nSPS) is 13.6. The van der Waals surface area contributed by atoms with Crippen LogP contribution in [-0.2, 0) is 6.42 Å². The molecule has 0 aliphatic heterocycles. The molecule has 0 radical (unpaired) electrons. The van der Waals surface area contributed by atoms with Crippen LogP contribution in [0.5, 0.6) is 11.5 Å². The average molecular weight is 812 g/mol. The molecule has 6 nitrogen and oxygen atoms in total. The zero-order valence-corrected chi connectivity index (χ0v) is 34.5. The fourth-order valence-electron chi connectivity index (χ4n) is 9.45. The maximum Gasteiger partial charge on any atom is 0.164 e. The summed E-state index contributed by atoms with van der Waals surface area (Å²) in [4.78, 5) is 15.7. The van der Waals surface area contributed by atoms with E-state index in [2.05, 4.69) is 155 Å². The Morgan fingerprint density at radius 2 is 1.05 bits per heavy atom. The minimum absolute atomic E-state index is 0.587. The smallest absolute Gasteiger partial charge is 0.164 e. The lowest BCUT2D eigenvalue weighted by Crippen LogP contribution is -2.07. The van der Waals surface area contributed by atoms with E-state index in [0.717, 1.165) is 76.3 Å². The van der Waals surface area contributed by atoms with Gasteiger partial charge in [-0.2, -0.15) is 0 Å². The molecular formula is C57H41N5O. The summed E-state index contributed by atoms with van der Waals surface area (Å²) in [5, 5.41) is 3.64. The predicted molar refractivity (Wildman–Crippen MR) is 257 cm³/mol. The van der Waals surface area contributed by atoms with E-state index in [4.69, 9.17) is 19.7 Å². The number of nitrogens with zero attached hydrogens (tertiary/aromatic N) is 5. The van der Waals surface area contributed by atoms with E-state index in [1.807, 2.05) is 54.6 Å². The molecule has 2 aliphatic rings. The summed E-state index contributed by atoms with van der Waals surface area (Å²) in [5.41, 5.74) is 13.9. The quantitative estimate of drug-likeness (QED) is 0.153. The first-order valence-electron chi connectivity index (χ1n) is 21.7. The monoisotopic (exact) mass is 811 g/mol. The molecule has 0 fully saturated rings. The maximum atomic E-state index is 6.16. The number of para-hydroxylation sites is 4. The molecule has 63 heavy (non-hydrogen) atoms. The van der Waals surface area contributed by atoms with Gasteiger partial charge in [0, 0.05) is 55.5 Å². The number of hydrogen-bond acceptors (Lipinski definition) is 4. The number of fused-ring (bicyclic) bond motifs is 6. The molecule has 3 heterocycles. The number of benzene rings is 7. The van der Waals surface area contributed by atoms with Crippen LogP contribution < -0.4 is 4.74 Å². The molecule has 10 aromatic rings. The third-order valence-corrected chi connectivity index (χ3v) is 12.4. The Morgan fingerprint density at radius 1 is 0.429 bits per heavy atom. The molecule has 0 spiro atoms. The topological polar surface area (TPSA) is 57.8 Å². The van der Waals surface area contributed by atoms with E-state index in [1.54, 1.807) is 0 Å². The molecule has 0 unspecified atom stereocenters. The number of allylic oxidation sites excluding steroid dienone is 5. The SMILES string of the molecule is C1=CCCC(C2=Cc3c(n(-c4cccc(-c5nc(-c6ccc(Oc7ccccc7)cc6)nc(-c6ccc7c8ccccc8n(-c8ccccc8)c7c6)n5)c4)c4ccccc34)CC2)=C1. The maximum absolute atomic E-state index is 6.16. The van der Waals surface area contributed by atoms with Gasteiger partial charge in [-0.15, -0.1) is 0 Å². The van der Waals surface area contributed by atoms with Gasteiger partial charge in [0.2, 0.25) is 0 Å². The van der Waals surface area contributed by atoms with Crippen LogP contribution in [0.15, 0.2) is 205 Å². The van der Waals surface area contributed by atoms with Crippen molar-refractivity contribution < 1.29 is 4.74 Å². The first-order valence-corrected chi connectivity index (χ1v) is 21.7. The van der Waals surface area contributed by atoms with Crippen LogP contribution in [0.25, 0.3) is 84.3 Å². The lowest BCUT2D eigenvalue weighted by Gasteiger charge is -2.20. The Labute approximate surface area is 365 Å². The van der Waals surface area contributed by atoms with Gasteiger partial charge < -0.3 is 13.9 Å². The van der Waals surface area contributed by atoms with Crippen LogP contribution in [0.3, 0.4) is 0 Å². The first-order chi connectivity index (χ1) is 31.2. The molecule has 0 N–H and O–H groups in total. The molecule has 300 valence electrons. The van der Waals surface area contributed by atoms with Gasteiger partial charge in [0.1, 0.15) is 11.5 Å². The van der Waals surface area contributed by atoms with Crippen molar-refractivity contribution in [2.45, 2.75) is 25.7 Å². The van der Waals surface area contributed by atoms with Crippen molar-refractivity contribution in [3.8, 4) is 57.0 Å². The lowest BCUT2D eigenvalue weighted by atomic mass is 9.87. The van der Waals surface area contributed by atoms with Crippen molar-refractivity contribution in [1.82, 2.24) is 24.1 Å². The van der Waals surface area contributed by atoms with E-state index in [9.17, 15) is 0 Å². The summed E-state index contributed by atoms with van der Waals surface area (Å²) in [5.74, 6) is 3.32. The Kier molecular flexibility index (Phi) is 9.00. The summed E-state index contributed by atoms with van der Waals surface area (Å²) >= 11 is 0. The largest absolute Gasteiger partial charge is 0.457 e. The Bertz CT molecular complexity index is 3460. The molecule has 0 atom stereocenters. The van der Waals surface area contributed by atoms with Gasteiger partial charge >= 0.3 is 0 Å². The van der Waals surface area contributed by atoms with Gasteiger partial charge in [0.15, 0.2) is 17.5 Å². The third kappa shape index (κ3) is 6.64. The highest BCUT2D eigenvalue weighted by Gasteiger charge is 2.23. The molecule has 0 amide bonds. The molecule has 0 saturated heterocycles. The molecule has 0 saturated carbocycles. The average Bonchev–Trinajstić information content (AvgIpc) is 3.87. The third-order valence-electron chi connectivity index (χ3n) is 12.4. The molecule has 2 aliphatic carbocycles. The number of ether oxygens (including phenoxy) is 1. The number of hydrogen-bond donors (Lipinski definition) is 0. The minimum Gasteiger partial charge on any atom is -0.457 e. The Balaban J connectivity index is 1.01. The van der Waals surface area contributed by atoms with Crippen LogP contribution in [-0.4, -0.2) is 24.1 Å². The zero-order valence-electron chi connectivity index (χ0n) is 34.5. The lowest BCUT2D eigenvalue weighted by molar-refractivity contribution is 0.483. The molecule has 0 bridgehead atoms. The molecule has 6 heteroatoms. The summed E-state index contributed by atoms with van der Waals surface area (Å²) < 4.78 is 10.9. The second kappa shape index (κ2) is 15.4. The minimum atomic E-state index is 0.587. The highest BCUT2D eigenvalue weighted by molar-refractivity contribution is 6.10. The van der Waals surface area contributed by atoms with Gasteiger partial charge in [-0.3, -0.25) is 0 Å². The van der Waals surface area contributed by atoms with Gasteiger partial charge in [-0.25, -0.2) is 15.0 Å². The van der Waals surface area contributed by atoms with Crippen LogP contribution in [0.4, 0.5) is 0 Å². The van der Waals surface area contributed by atoms with E-state index < -0.39 is 0 Å². The summed E-state index contributed by atoms with van der Waals surface area (Å²) in [6, 6.07) is 61.0. The zero-order chi connectivity index (χ0) is 41.7. The second-order valence-corrected chi connectivity index (χ2v) is 16.3. The van der Waals surface area contributed by atoms with Crippen molar-refractivity contribution in [2.24, 2.45) is 0 Å². The van der Waals surface area contributed by atoms with Crippen molar-refractivity contribution in [2.75, 3.05) is 0 Å². The van der Waals surface area contributed by atoms with Gasteiger partial charge in [-0.1, -0.05) is 115 Å². The van der Waals surface area contributed by atoms with Crippen LogP contribution in [0, 0.1) is 0 Å². The van der Waals surface area contributed by atoms with E-state index in [1.165, 1.54) is 44.1 Å². The molecule has 3 aromatic heterocycles. The van der Waals surface area contributed by atoms with Crippen molar-refractivity contribution in [1.29, 1.82) is 0 Å². The number of aromatic nitrogens is 5.